The molecule has 0 spiro atoms. The van der Waals surface area contributed by atoms with E-state index in [2.05, 4.69) is 36.2 Å². The smallest absolute Gasteiger partial charge is 0.238 e. The summed E-state index contributed by atoms with van der Waals surface area (Å²) in [4.78, 5) is 14.1. The first kappa shape index (κ1) is 13.6. The maximum absolute atomic E-state index is 12.0. The van der Waals surface area contributed by atoms with Crippen LogP contribution in [0, 0.1) is 0 Å². The van der Waals surface area contributed by atoms with Gasteiger partial charge >= 0.3 is 0 Å². The zero-order valence-corrected chi connectivity index (χ0v) is 11.5. The number of hydrogen-bond acceptors (Lipinski definition) is 2. The van der Waals surface area contributed by atoms with E-state index in [1.807, 2.05) is 30.3 Å². The second-order valence-corrected chi connectivity index (χ2v) is 4.54. The molecule has 1 amide bonds. The van der Waals surface area contributed by atoms with E-state index in [1.165, 1.54) is 0 Å². The van der Waals surface area contributed by atoms with Gasteiger partial charge in [-0.1, -0.05) is 50.2 Å². The minimum absolute atomic E-state index is 0.0417. The van der Waals surface area contributed by atoms with Crippen LogP contribution >= 0.6 is 0 Å². The molecule has 19 heavy (non-hydrogen) atoms. The van der Waals surface area contributed by atoms with Crippen LogP contribution in [0.3, 0.4) is 0 Å². The zero-order chi connectivity index (χ0) is 13.7. The molecule has 0 aromatic heterocycles. The summed E-state index contributed by atoms with van der Waals surface area (Å²) in [7, 11) is 0. The number of hydrogen-bond donors (Lipinski definition) is 1. The van der Waals surface area contributed by atoms with E-state index in [4.69, 9.17) is 0 Å². The van der Waals surface area contributed by atoms with Gasteiger partial charge in [0.05, 0.1) is 6.54 Å². The Balaban J connectivity index is 2.15. The summed E-state index contributed by atoms with van der Waals surface area (Å²) in [6, 6.07) is 14.0. The predicted octanol–water partition coefficient (Wildman–Crippen LogP) is 3.12. The highest BCUT2D eigenvalue weighted by Gasteiger charge is 2.08. The van der Waals surface area contributed by atoms with Crippen LogP contribution in [0.5, 0.6) is 0 Å². The van der Waals surface area contributed by atoms with E-state index in [0.717, 1.165) is 29.5 Å². The number of nitrogens with one attached hydrogen (secondary N) is 1. The average molecular weight is 256 g/mol. The van der Waals surface area contributed by atoms with Crippen LogP contribution in [0.2, 0.25) is 0 Å². The third-order valence-corrected chi connectivity index (χ3v) is 3.33. The Bertz CT molecular complexity index is 556. The lowest BCUT2D eigenvalue weighted by atomic mass is 10.1. The molecule has 0 heterocycles. The number of carbonyl (C=O) groups is 1. The van der Waals surface area contributed by atoms with Gasteiger partial charge in [0, 0.05) is 11.1 Å². The molecule has 0 atom stereocenters. The van der Waals surface area contributed by atoms with Gasteiger partial charge in [0.15, 0.2) is 0 Å². The summed E-state index contributed by atoms with van der Waals surface area (Å²) in [5.41, 5.74) is 0.884. The first-order chi connectivity index (χ1) is 9.24. The van der Waals surface area contributed by atoms with Crippen molar-refractivity contribution in [3.05, 3.63) is 42.5 Å². The average Bonchev–Trinajstić information content (AvgIpc) is 2.45. The van der Waals surface area contributed by atoms with Crippen LogP contribution in [0.4, 0.5) is 5.69 Å². The highest BCUT2D eigenvalue weighted by atomic mass is 16.2. The van der Waals surface area contributed by atoms with Crippen LogP contribution < -0.4 is 5.32 Å². The molecule has 0 saturated carbocycles. The molecule has 0 aliphatic carbocycles. The molecule has 2 aromatic rings. The summed E-state index contributed by atoms with van der Waals surface area (Å²) >= 11 is 0. The molecule has 2 rings (SSSR count). The van der Waals surface area contributed by atoms with Gasteiger partial charge in [-0.3, -0.25) is 9.69 Å². The number of benzene rings is 2. The Hall–Kier alpha value is -1.87. The molecule has 0 aliphatic heterocycles. The lowest BCUT2D eigenvalue weighted by Crippen LogP contribution is -2.32. The quantitative estimate of drug-likeness (QED) is 0.891. The summed E-state index contributed by atoms with van der Waals surface area (Å²) in [6.07, 6.45) is 0. The van der Waals surface area contributed by atoms with Crippen molar-refractivity contribution >= 4 is 22.4 Å². The Kier molecular flexibility index (Phi) is 4.53. The van der Waals surface area contributed by atoms with Gasteiger partial charge in [-0.05, 0) is 24.5 Å². The fraction of sp³-hybridized carbons (Fsp3) is 0.312. The lowest BCUT2D eigenvalue weighted by molar-refractivity contribution is -0.117. The van der Waals surface area contributed by atoms with Crippen LogP contribution in [0.25, 0.3) is 10.8 Å². The summed E-state index contributed by atoms with van der Waals surface area (Å²) in [6.45, 7) is 6.35. The van der Waals surface area contributed by atoms with Crippen molar-refractivity contribution in [3.63, 3.8) is 0 Å². The van der Waals surface area contributed by atoms with Crippen LogP contribution in [0.1, 0.15) is 13.8 Å². The molecule has 2 aromatic carbocycles. The Labute approximate surface area is 114 Å². The van der Waals surface area contributed by atoms with Gasteiger partial charge in [-0.2, -0.15) is 0 Å². The van der Waals surface area contributed by atoms with Crippen LogP contribution in [-0.2, 0) is 4.79 Å². The Morgan fingerprint density at radius 3 is 2.47 bits per heavy atom. The number of fused-ring (bicyclic) bond motifs is 1. The summed E-state index contributed by atoms with van der Waals surface area (Å²) < 4.78 is 0. The van der Waals surface area contributed by atoms with Crippen molar-refractivity contribution < 1.29 is 4.79 Å². The number of anilines is 1. The fourth-order valence-electron chi connectivity index (χ4n) is 2.17. The molecule has 0 unspecified atom stereocenters. The van der Waals surface area contributed by atoms with Gasteiger partial charge < -0.3 is 5.32 Å². The normalized spacial score (nSPS) is 10.9. The highest BCUT2D eigenvalue weighted by molar-refractivity contribution is 6.02. The summed E-state index contributed by atoms with van der Waals surface area (Å²) in [5, 5.41) is 5.23. The van der Waals surface area contributed by atoms with Crippen molar-refractivity contribution in [3.8, 4) is 0 Å². The largest absolute Gasteiger partial charge is 0.324 e. The number of nitrogens with zero attached hydrogens (tertiary/aromatic N) is 1. The van der Waals surface area contributed by atoms with E-state index < -0.39 is 0 Å². The van der Waals surface area contributed by atoms with E-state index in [0.29, 0.717) is 6.54 Å². The van der Waals surface area contributed by atoms with Crippen molar-refractivity contribution in [1.29, 1.82) is 0 Å². The van der Waals surface area contributed by atoms with E-state index in [-0.39, 0.29) is 5.91 Å². The van der Waals surface area contributed by atoms with Gasteiger partial charge in [-0.25, -0.2) is 0 Å². The van der Waals surface area contributed by atoms with Gasteiger partial charge in [-0.15, -0.1) is 0 Å². The molecule has 0 saturated heterocycles. The minimum atomic E-state index is 0.0417. The molecule has 100 valence electrons. The minimum Gasteiger partial charge on any atom is -0.324 e. The zero-order valence-electron chi connectivity index (χ0n) is 11.5. The van der Waals surface area contributed by atoms with Crippen LogP contribution in [-0.4, -0.2) is 30.4 Å². The van der Waals surface area contributed by atoms with E-state index in [9.17, 15) is 4.79 Å². The predicted molar refractivity (Wildman–Crippen MR) is 80.4 cm³/mol. The standard InChI is InChI=1S/C16H20N2O/c1-3-18(4-2)12-16(19)17-15-11-7-9-13-8-5-6-10-14(13)15/h5-11H,3-4,12H2,1-2H3,(H,17,19). The molecular formula is C16H20N2O. The van der Waals surface area contributed by atoms with Crippen molar-refractivity contribution in [2.24, 2.45) is 0 Å². The second-order valence-electron chi connectivity index (χ2n) is 4.54. The number of carbonyl (C=O) groups excluding carboxylic acids is 1. The van der Waals surface area contributed by atoms with Crippen molar-refractivity contribution in [1.82, 2.24) is 4.90 Å². The SMILES string of the molecule is CCN(CC)CC(=O)Nc1cccc2ccccc12. The van der Waals surface area contributed by atoms with Crippen molar-refractivity contribution in [2.75, 3.05) is 25.0 Å². The molecule has 0 bridgehead atoms. The molecule has 0 aliphatic rings. The monoisotopic (exact) mass is 256 g/mol. The molecule has 0 radical (unpaired) electrons. The third-order valence-electron chi connectivity index (χ3n) is 3.33. The van der Waals surface area contributed by atoms with Crippen molar-refractivity contribution in [2.45, 2.75) is 13.8 Å². The molecule has 0 fully saturated rings. The number of rotatable bonds is 5. The molecule has 3 nitrogen and oxygen atoms in total. The topological polar surface area (TPSA) is 32.3 Å². The Morgan fingerprint density at radius 2 is 1.74 bits per heavy atom. The Morgan fingerprint density at radius 1 is 1.05 bits per heavy atom. The fourth-order valence-corrected chi connectivity index (χ4v) is 2.17. The summed E-state index contributed by atoms with van der Waals surface area (Å²) in [5.74, 6) is 0.0417. The third kappa shape index (κ3) is 3.32. The maximum Gasteiger partial charge on any atom is 0.238 e. The van der Waals surface area contributed by atoms with Gasteiger partial charge in [0.25, 0.3) is 0 Å². The number of amides is 1. The van der Waals surface area contributed by atoms with Gasteiger partial charge in [0.1, 0.15) is 0 Å². The van der Waals surface area contributed by atoms with Crippen LogP contribution in [0.15, 0.2) is 42.5 Å². The highest BCUT2D eigenvalue weighted by Crippen LogP contribution is 2.22. The molecular weight excluding hydrogens is 236 g/mol. The first-order valence-electron chi connectivity index (χ1n) is 6.74. The molecule has 1 N–H and O–H groups in total. The van der Waals surface area contributed by atoms with E-state index >= 15 is 0 Å². The molecule has 3 heteroatoms. The van der Waals surface area contributed by atoms with Gasteiger partial charge in [0.2, 0.25) is 5.91 Å². The first-order valence-corrected chi connectivity index (χ1v) is 6.74. The lowest BCUT2D eigenvalue weighted by Gasteiger charge is -2.17. The van der Waals surface area contributed by atoms with E-state index in [1.54, 1.807) is 0 Å². The number of likely N-dealkylation sites (N-methyl/N-ethyl adjacent to an activating group) is 1. The maximum atomic E-state index is 12.0. The second kappa shape index (κ2) is 6.34.